The Kier molecular flexibility index (Phi) is 9.18. The molecule has 7 aromatic rings. The molecule has 1 aliphatic heterocycles. The van der Waals surface area contributed by atoms with Crippen LogP contribution in [0.4, 0.5) is 5.82 Å². The zero-order valence-corrected chi connectivity index (χ0v) is 28.1. The van der Waals surface area contributed by atoms with Crippen LogP contribution in [0, 0.1) is 0 Å². The van der Waals surface area contributed by atoms with Gasteiger partial charge in [0.15, 0.2) is 23.1 Å². The molecule has 0 aliphatic carbocycles. The molecule has 9 nitrogen and oxygen atoms in total. The Morgan fingerprint density at radius 1 is 0.702 bits per heavy atom. The Morgan fingerprint density at radius 3 is 1.96 bits per heavy atom. The van der Waals surface area contributed by atoms with Crippen molar-refractivity contribution < 1.29 is 9.47 Å². The fourth-order valence-corrected chi connectivity index (χ4v) is 7.29. The summed E-state index contributed by atoms with van der Waals surface area (Å²) in [4.78, 5) is 31.1. The SMILES string of the molecule is CCc1cc2c(Cl)nc(-c3ccncc3)nc2s1.CCc1cc2c(NCCc3ccc4c(c3)OCO4)nc(-c3ccncc3)nc2s1. The number of benzene rings is 1. The minimum Gasteiger partial charge on any atom is -0.454 e. The second-order valence-electron chi connectivity index (χ2n) is 10.6. The molecule has 0 fully saturated rings. The van der Waals surface area contributed by atoms with Crippen LogP contribution in [0.25, 0.3) is 43.2 Å². The lowest BCUT2D eigenvalue weighted by atomic mass is 10.1. The normalized spacial score (nSPS) is 11.9. The Hall–Kier alpha value is -4.71. The van der Waals surface area contributed by atoms with Crippen LogP contribution in [0.5, 0.6) is 11.5 Å². The van der Waals surface area contributed by atoms with Gasteiger partial charge in [-0.1, -0.05) is 31.5 Å². The van der Waals surface area contributed by atoms with Crippen molar-refractivity contribution in [3.05, 3.63) is 99.9 Å². The first-order chi connectivity index (χ1) is 23.1. The number of ether oxygens (including phenoxy) is 2. The molecule has 0 radical (unpaired) electrons. The summed E-state index contributed by atoms with van der Waals surface area (Å²) < 4.78 is 10.9. The summed E-state index contributed by atoms with van der Waals surface area (Å²) in [6.07, 6.45) is 9.82. The predicted octanol–water partition coefficient (Wildman–Crippen LogP) is 8.67. The van der Waals surface area contributed by atoms with Gasteiger partial charge in [-0.25, -0.2) is 19.9 Å². The molecule has 0 saturated carbocycles. The van der Waals surface area contributed by atoms with E-state index in [-0.39, 0.29) is 0 Å². The highest BCUT2D eigenvalue weighted by Crippen LogP contribution is 2.34. The van der Waals surface area contributed by atoms with E-state index in [0.717, 1.165) is 80.5 Å². The van der Waals surface area contributed by atoms with E-state index in [2.05, 4.69) is 57.3 Å². The molecule has 6 aromatic heterocycles. The van der Waals surface area contributed by atoms with Gasteiger partial charge < -0.3 is 14.8 Å². The van der Waals surface area contributed by atoms with Crippen LogP contribution in [0.15, 0.2) is 79.4 Å². The number of aryl methyl sites for hydroxylation is 2. The minimum absolute atomic E-state index is 0.297. The van der Waals surface area contributed by atoms with Gasteiger partial charge in [0.1, 0.15) is 20.6 Å². The number of nitrogens with zero attached hydrogens (tertiary/aromatic N) is 6. The number of halogens is 1. The molecule has 12 heteroatoms. The molecule has 1 aromatic carbocycles. The third-order valence-corrected chi connectivity index (χ3v) is 10.2. The van der Waals surface area contributed by atoms with E-state index >= 15 is 0 Å². The molecule has 236 valence electrons. The average Bonchev–Trinajstić information content (AvgIpc) is 3.87. The first-order valence-corrected chi connectivity index (χ1v) is 17.3. The van der Waals surface area contributed by atoms with E-state index in [4.69, 9.17) is 31.0 Å². The summed E-state index contributed by atoms with van der Waals surface area (Å²) >= 11 is 9.62. The van der Waals surface area contributed by atoms with Crippen molar-refractivity contribution in [2.45, 2.75) is 33.1 Å². The fourth-order valence-electron chi connectivity index (χ4n) is 5.07. The van der Waals surface area contributed by atoms with Crippen molar-refractivity contribution >= 4 is 60.5 Å². The van der Waals surface area contributed by atoms with Gasteiger partial charge in [-0.15, -0.1) is 22.7 Å². The number of fused-ring (bicyclic) bond motifs is 3. The maximum absolute atomic E-state index is 6.22. The molecule has 0 atom stereocenters. The highest BCUT2D eigenvalue weighted by atomic mass is 35.5. The summed E-state index contributed by atoms with van der Waals surface area (Å²) in [7, 11) is 0. The van der Waals surface area contributed by atoms with Gasteiger partial charge in [0.2, 0.25) is 6.79 Å². The highest BCUT2D eigenvalue weighted by Gasteiger charge is 2.15. The van der Waals surface area contributed by atoms with Gasteiger partial charge in [-0.05, 0) is 73.4 Å². The first kappa shape index (κ1) is 30.9. The van der Waals surface area contributed by atoms with E-state index in [1.54, 1.807) is 47.5 Å². The summed E-state index contributed by atoms with van der Waals surface area (Å²) in [6, 6.07) is 18.0. The van der Waals surface area contributed by atoms with Crippen molar-refractivity contribution in [2.75, 3.05) is 18.7 Å². The van der Waals surface area contributed by atoms with Crippen LogP contribution in [0.1, 0.15) is 29.2 Å². The molecule has 0 amide bonds. The number of rotatable bonds is 8. The largest absolute Gasteiger partial charge is 0.454 e. The van der Waals surface area contributed by atoms with Crippen molar-refractivity contribution in [1.82, 2.24) is 29.9 Å². The van der Waals surface area contributed by atoms with E-state index < -0.39 is 0 Å². The number of aromatic nitrogens is 6. The Bertz CT molecular complexity index is 2160. The predicted molar refractivity (Wildman–Crippen MR) is 190 cm³/mol. The van der Waals surface area contributed by atoms with E-state index in [0.29, 0.717) is 17.8 Å². The van der Waals surface area contributed by atoms with E-state index in [9.17, 15) is 0 Å². The van der Waals surface area contributed by atoms with E-state index in [1.807, 2.05) is 36.4 Å². The maximum atomic E-state index is 6.22. The lowest BCUT2D eigenvalue weighted by molar-refractivity contribution is 0.174. The molecule has 0 unspecified atom stereocenters. The standard InChI is InChI=1S/C22H20N4O2S.C13H10ClN3S/c1-2-16-12-17-21(24-10-5-14-3-4-18-19(11-14)28-13-27-18)25-20(26-22(17)29-16)15-6-8-23-9-7-15;1-2-9-7-10-11(14)16-12(17-13(10)18-9)8-3-5-15-6-4-8/h3-4,6-9,11-12H,2,5,10,13H2,1H3,(H,24,25,26);3-7H,2H2,1H3. The van der Waals surface area contributed by atoms with Crippen LogP contribution in [0.3, 0.4) is 0 Å². The number of pyridine rings is 2. The number of thiophene rings is 2. The Labute approximate surface area is 284 Å². The minimum atomic E-state index is 0.297. The summed E-state index contributed by atoms with van der Waals surface area (Å²) in [5, 5.41) is 6.06. The molecular weight excluding hydrogens is 650 g/mol. The van der Waals surface area contributed by atoms with Crippen LogP contribution in [-0.4, -0.2) is 43.2 Å². The summed E-state index contributed by atoms with van der Waals surface area (Å²) in [5.41, 5.74) is 3.09. The molecule has 7 heterocycles. The number of hydrogen-bond acceptors (Lipinski definition) is 11. The van der Waals surface area contributed by atoms with Gasteiger partial charge in [-0.2, -0.15) is 0 Å². The van der Waals surface area contributed by atoms with E-state index in [1.165, 1.54) is 15.3 Å². The third kappa shape index (κ3) is 6.87. The maximum Gasteiger partial charge on any atom is 0.231 e. The van der Waals surface area contributed by atoms with Gasteiger partial charge in [-0.3, -0.25) is 9.97 Å². The third-order valence-electron chi connectivity index (χ3n) is 7.56. The second-order valence-corrected chi connectivity index (χ2v) is 13.2. The molecule has 1 N–H and O–H groups in total. The highest BCUT2D eigenvalue weighted by molar-refractivity contribution is 7.19. The smallest absolute Gasteiger partial charge is 0.231 e. The van der Waals surface area contributed by atoms with Gasteiger partial charge in [0.25, 0.3) is 0 Å². The molecule has 1 aliphatic rings. The Morgan fingerprint density at radius 2 is 1.30 bits per heavy atom. The molecule has 0 saturated heterocycles. The molecular formula is C35H30ClN7O2S2. The summed E-state index contributed by atoms with van der Waals surface area (Å²) in [6.45, 7) is 5.34. The molecule has 0 spiro atoms. The monoisotopic (exact) mass is 679 g/mol. The quantitative estimate of drug-likeness (QED) is 0.158. The number of anilines is 1. The van der Waals surface area contributed by atoms with Gasteiger partial charge >= 0.3 is 0 Å². The molecule has 0 bridgehead atoms. The van der Waals surface area contributed by atoms with Gasteiger partial charge in [0, 0.05) is 57.6 Å². The lowest BCUT2D eigenvalue weighted by Gasteiger charge is -2.09. The van der Waals surface area contributed by atoms with Crippen molar-refractivity contribution in [2.24, 2.45) is 0 Å². The number of hydrogen-bond donors (Lipinski definition) is 1. The molecule has 8 rings (SSSR count). The first-order valence-electron chi connectivity index (χ1n) is 15.3. The Balaban J connectivity index is 0.000000167. The zero-order valence-electron chi connectivity index (χ0n) is 25.7. The van der Waals surface area contributed by atoms with Crippen LogP contribution in [0.2, 0.25) is 5.15 Å². The van der Waals surface area contributed by atoms with Crippen molar-refractivity contribution in [3.63, 3.8) is 0 Å². The fraction of sp³-hybridized carbons (Fsp3) is 0.200. The second kappa shape index (κ2) is 14.0. The van der Waals surface area contributed by atoms with Crippen LogP contribution in [-0.2, 0) is 19.3 Å². The molecule has 47 heavy (non-hydrogen) atoms. The van der Waals surface area contributed by atoms with Crippen molar-refractivity contribution in [1.29, 1.82) is 0 Å². The lowest BCUT2D eigenvalue weighted by Crippen LogP contribution is -2.07. The topological polar surface area (TPSA) is 108 Å². The van der Waals surface area contributed by atoms with Crippen LogP contribution >= 0.6 is 34.3 Å². The summed E-state index contributed by atoms with van der Waals surface area (Å²) in [5.74, 6) is 3.87. The number of nitrogens with one attached hydrogen (secondary N) is 1. The van der Waals surface area contributed by atoms with Crippen LogP contribution < -0.4 is 14.8 Å². The zero-order chi connectivity index (χ0) is 32.2. The van der Waals surface area contributed by atoms with Crippen molar-refractivity contribution in [3.8, 4) is 34.3 Å². The van der Waals surface area contributed by atoms with Gasteiger partial charge in [0.05, 0.1) is 5.39 Å². The average molecular weight is 680 g/mol.